The summed E-state index contributed by atoms with van der Waals surface area (Å²) in [5.74, 6) is 1.54. The molecule has 2 N–H and O–H groups in total. The molecule has 0 aliphatic carbocycles. The van der Waals surface area contributed by atoms with E-state index in [0.29, 0.717) is 0 Å². The van der Waals surface area contributed by atoms with Crippen molar-refractivity contribution in [2.45, 2.75) is 19.4 Å². The summed E-state index contributed by atoms with van der Waals surface area (Å²) in [5.41, 5.74) is 6.81. The van der Waals surface area contributed by atoms with Gasteiger partial charge in [-0.3, -0.25) is 4.98 Å². The lowest BCUT2D eigenvalue weighted by Crippen LogP contribution is -2.10. The topological polar surface area (TPSA) is 48.1 Å². The fraction of sp³-hybridized carbons (Fsp3) is 0.214. The summed E-state index contributed by atoms with van der Waals surface area (Å²) in [6, 6.07) is 11.7. The minimum atomic E-state index is -0.00245. The van der Waals surface area contributed by atoms with Crippen molar-refractivity contribution < 1.29 is 4.74 Å². The quantitative estimate of drug-likeness (QED) is 0.848. The highest BCUT2D eigenvalue weighted by atomic mass is 127. The van der Waals surface area contributed by atoms with Crippen LogP contribution < -0.4 is 10.5 Å². The average Bonchev–Trinajstić information content (AvgIpc) is 2.41. The van der Waals surface area contributed by atoms with Crippen LogP contribution in [0.4, 0.5) is 0 Å². The number of rotatable bonds is 4. The molecular formula is C14H15IN2O. The fourth-order valence-corrected chi connectivity index (χ4v) is 1.88. The van der Waals surface area contributed by atoms with E-state index < -0.39 is 0 Å². The molecule has 0 unspecified atom stereocenters. The van der Waals surface area contributed by atoms with Gasteiger partial charge in [0.25, 0.3) is 0 Å². The number of benzene rings is 1. The largest absolute Gasteiger partial charge is 0.456 e. The van der Waals surface area contributed by atoms with Crippen LogP contribution >= 0.6 is 22.6 Å². The molecule has 0 aliphatic rings. The minimum absolute atomic E-state index is 0.00245. The Kier molecular flexibility index (Phi) is 4.54. The number of ether oxygens (including phenoxy) is 1. The van der Waals surface area contributed by atoms with Crippen LogP contribution in [-0.4, -0.2) is 4.98 Å². The third-order valence-corrected chi connectivity index (χ3v) is 3.35. The van der Waals surface area contributed by atoms with Crippen LogP contribution in [0.2, 0.25) is 0 Å². The second-order valence-corrected chi connectivity index (χ2v) is 5.24. The van der Waals surface area contributed by atoms with Gasteiger partial charge in [-0.1, -0.05) is 6.92 Å². The van der Waals surface area contributed by atoms with E-state index >= 15 is 0 Å². The van der Waals surface area contributed by atoms with Gasteiger partial charge >= 0.3 is 0 Å². The molecule has 18 heavy (non-hydrogen) atoms. The third kappa shape index (κ3) is 3.43. The first kappa shape index (κ1) is 13.3. The van der Waals surface area contributed by atoms with Gasteiger partial charge in [0.15, 0.2) is 0 Å². The van der Waals surface area contributed by atoms with Gasteiger partial charge in [-0.2, -0.15) is 0 Å². The van der Waals surface area contributed by atoms with Crippen molar-refractivity contribution in [2.24, 2.45) is 5.73 Å². The second-order valence-electron chi connectivity index (χ2n) is 3.99. The Morgan fingerprint density at radius 2 is 1.83 bits per heavy atom. The Morgan fingerprint density at radius 1 is 1.17 bits per heavy atom. The molecule has 0 saturated carbocycles. The van der Waals surface area contributed by atoms with E-state index in [-0.39, 0.29) is 6.04 Å². The van der Waals surface area contributed by atoms with E-state index in [9.17, 15) is 0 Å². The number of aromatic nitrogens is 1. The molecule has 1 atom stereocenters. The van der Waals surface area contributed by atoms with Gasteiger partial charge in [0.2, 0.25) is 0 Å². The van der Waals surface area contributed by atoms with Crippen LogP contribution in [-0.2, 0) is 0 Å². The van der Waals surface area contributed by atoms with Crippen molar-refractivity contribution >= 4 is 22.6 Å². The van der Waals surface area contributed by atoms with E-state index in [1.165, 1.54) is 3.57 Å². The highest BCUT2D eigenvalue weighted by Crippen LogP contribution is 2.22. The van der Waals surface area contributed by atoms with Crippen LogP contribution in [0.3, 0.4) is 0 Å². The van der Waals surface area contributed by atoms with E-state index in [4.69, 9.17) is 10.5 Å². The summed E-state index contributed by atoms with van der Waals surface area (Å²) < 4.78 is 6.88. The van der Waals surface area contributed by atoms with Crippen molar-refractivity contribution in [3.8, 4) is 11.5 Å². The maximum absolute atomic E-state index is 5.91. The average molecular weight is 354 g/mol. The lowest BCUT2D eigenvalue weighted by atomic mass is 10.1. The SMILES string of the molecule is CC[C@H](N)c1ccc(Oc2ccc(I)cc2)cn1. The number of nitrogens with two attached hydrogens (primary N) is 1. The van der Waals surface area contributed by atoms with Crippen LogP contribution in [0.15, 0.2) is 42.6 Å². The van der Waals surface area contributed by atoms with Gasteiger partial charge in [0, 0.05) is 9.61 Å². The van der Waals surface area contributed by atoms with Crippen molar-refractivity contribution in [1.29, 1.82) is 0 Å². The first-order valence-electron chi connectivity index (χ1n) is 5.84. The maximum Gasteiger partial charge on any atom is 0.145 e. The number of hydrogen-bond acceptors (Lipinski definition) is 3. The summed E-state index contributed by atoms with van der Waals surface area (Å²) >= 11 is 2.26. The first-order valence-corrected chi connectivity index (χ1v) is 6.92. The van der Waals surface area contributed by atoms with Gasteiger partial charge in [-0.05, 0) is 65.4 Å². The number of pyridine rings is 1. The Bertz CT molecular complexity index is 496. The molecule has 1 heterocycles. The zero-order chi connectivity index (χ0) is 13.0. The molecular weight excluding hydrogens is 339 g/mol. The van der Waals surface area contributed by atoms with Gasteiger partial charge in [0.1, 0.15) is 11.5 Å². The summed E-state index contributed by atoms with van der Waals surface area (Å²) in [4.78, 5) is 4.31. The molecule has 0 spiro atoms. The Hall–Kier alpha value is -1.14. The highest BCUT2D eigenvalue weighted by Gasteiger charge is 2.05. The lowest BCUT2D eigenvalue weighted by Gasteiger charge is -2.09. The Labute approximate surface area is 121 Å². The van der Waals surface area contributed by atoms with Crippen molar-refractivity contribution in [1.82, 2.24) is 4.98 Å². The molecule has 0 fully saturated rings. The van der Waals surface area contributed by atoms with Crippen LogP contribution in [0.1, 0.15) is 25.1 Å². The molecule has 2 rings (SSSR count). The van der Waals surface area contributed by atoms with Crippen molar-refractivity contribution in [3.63, 3.8) is 0 Å². The lowest BCUT2D eigenvalue weighted by molar-refractivity contribution is 0.479. The Morgan fingerprint density at radius 3 is 2.39 bits per heavy atom. The smallest absolute Gasteiger partial charge is 0.145 e. The summed E-state index contributed by atoms with van der Waals surface area (Å²) in [5, 5.41) is 0. The molecule has 1 aromatic carbocycles. The van der Waals surface area contributed by atoms with Crippen molar-refractivity contribution in [2.75, 3.05) is 0 Å². The monoisotopic (exact) mass is 354 g/mol. The van der Waals surface area contributed by atoms with Gasteiger partial charge in [-0.25, -0.2) is 0 Å². The van der Waals surface area contributed by atoms with E-state index in [1.54, 1.807) is 6.20 Å². The maximum atomic E-state index is 5.91. The van der Waals surface area contributed by atoms with Crippen LogP contribution in [0.5, 0.6) is 11.5 Å². The van der Waals surface area contributed by atoms with Gasteiger partial charge < -0.3 is 10.5 Å². The van der Waals surface area contributed by atoms with E-state index in [0.717, 1.165) is 23.6 Å². The predicted octanol–water partition coefficient (Wildman–Crippen LogP) is 3.89. The zero-order valence-electron chi connectivity index (χ0n) is 10.1. The normalized spacial score (nSPS) is 12.2. The molecule has 3 nitrogen and oxygen atoms in total. The number of hydrogen-bond donors (Lipinski definition) is 1. The van der Waals surface area contributed by atoms with Crippen LogP contribution in [0, 0.1) is 3.57 Å². The molecule has 0 aliphatic heterocycles. The van der Waals surface area contributed by atoms with E-state index in [2.05, 4.69) is 27.6 Å². The first-order chi connectivity index (χ1) is 8.69. The summed E-state index contributed by atoms with van der Waals surface area (Å²) in [7, 11) is 0. The van der Waals surface area contributed by atoms with Gasteiger partial charge in [0.05, 0.1) is 11.9 Å². The molecule has 4 heteroatoms. The van der Waals surface area contributed by atoms with Crippen LogP contribution in [0.25, 0.3) is 0 Å². The summed E-state index contributed by atoms with van der Waals surface area (Å²) in [6.45, 7) is 2.04. The highest BCUT2D eigenvalue weighted by molar-refractivity contribution is 14.1. The second kappa shape index (κ2) is 6.15. The Balaban J connectivity index is 2.08. The standard InChI is InChI=1S/C14H15IN2O/c1-2-13(16)14-8-7-12(9-17-14)18-11-5-3-10(15)4-6-11/h3-9,13H,2,16H2,1H3/t13-/m0/s1. The fourth-order valence-electron chi connectivity index (χ4n) is 1.52. The third-order valence-electron chi connectivity index (χ3n) is 2.63. The van der Waals surface area contributed by atoms with E-state index in [1.807, 2.05) is 43.3 Å². The molecule has 0 amide bonds. The molecule has 0 saturated heterocycles. The molecule has 94 valence electrons. The number of nitrogens with zero attached hydrogens (tertiary/aromatic N) is 1. The molecule has 0 radical (unpaired) electrons. The van der Waals surface area contributed by atoms with Gasteiger partial charge in [-0.15, -0.1) is 0 Å². The zero-order valence-corrected chi connectivity index (χ0v) is 12.3. The van der Waals surface area contributed by atoms with Crippen molar-refractivity contribution in [3.05, 3.63) is 51.9 Å². The molecule has 0 bridgehead atoms. The number of halogens is 1. The summed E-state index contributed by atoms with van der Waals surface area (Å²) in [6.07, 6.45) is 2.59. The molecule has 2 aromatic rings. The predicted molar refractivity (Wildman–Crippen MR) is 80.7 cm³/mol. The molecule has 1 aromatic heterocycles. The minimum Gasteiger partial charge on any atom is -0.456 e.